The van der Waals surface area contributed by atoms with Gasteiger partial charge in [-0.2, -0.15) is 4.31 Å². The lowest BCUT2D eigenvalue weighted by molar-refractivity contribution is -0.120. The maximum atomic E-state index is 13.9. The summed E-state index contributed by atoms with van der Waals surface area (Å²) < 4.78 is 47.9. The number of carbonyl (C=O) groups excluding carboxylic acids is 1. The summed E-state index contributed by atoms with van der Waals surface area (Å²) in [7, 11) is -3.97. The number of carbonyl (C=O) groups is 1. The fourth-order valence-electron chi connectivity index (χ4n) is 4.32. The first-order valence-electron chi connectivity index (χ1n) is 11.8. The molecule has 0 bridgehead atoms. The van der Waals surface area contributed by atoms with Crippen LogP contribution in [0.1, 0.15) is 46.5 Å². The molecule has 0 spiro atoms. The quantitative estimate of drug-likeness (QED) is 0.488. The molecule has 1 N–H and O–H groups in total. The van der Waals surface area contributed by atoms with Crippen LogP contribution in [0.25, 0.3) is 12.2 Å². The van der Waals surface area contributed by atoms with Crippen molar-refractivity contribution in [2.75, 3.05) is 18.4 Å². The zero-order valence-corrected chi connectivity index (χ0v) is 21.7. The number of rotatable bonds is 6. The molecule has 3 aromatic rings. The number of halogens is 1. The van der Waals surface area contributed by atoms with Gasteiger partial charge in [-0.05, 0) is 75.4 Å². The van der Waals surface area contributed by atoms with Crippen molar-refractivity contribution in [1.82, 2.24) is 9.46 Å². The third-order valence-corrected chi connectivity index (χ3v) is 8.50. The van der Waals surface area contributed by atoms with Crippen LogP contribution in [0, 0.1) is 39.4 Å². The number of aryl methyl sites for hydroxylation is 4. The van der Waals surface area contributed by atoms with Crippen molar-refractivity contribution in [3.8, 4) is 0 Å². The minimum absolute atomic E-state index is 0.00530. The monoisotopic (exact) mass is 511 g/mol. The van der Waals surface area contributed by atoms with E-state index in [2.05, 4.69) is 10.5 Å². The Kier molecular flexibility index (Phi) is 7.42. The maximum absolute atomic E-state index is 13.9. The highest BCUT2D eigenvalue weighted by molar-refractivity contribution is 7.89. The van der Waals surface area contributed by atoms with E-state index in [1.807, 2.05) is 38.1 Å². The van der Waals surface area contributed by atoms with Crippen molar-refractivity contribution < 1.29 is 22.1 Å². The van der Waals surface area contributed by atoms with Gasteiger partial charge in [0.15, 0.2) is 10.7 Å². The van der Waals surface area contributed by atoms with Gasteiger partial charge in [-0.1, -0.05) is 41.1 Å². The number of amides is 1. The highest BCUT2D eigenvalue weighted by Crippen LogP contribution is 2.30. The van der Waals surface area contributed by atoms with Crippen LogP contribution in [0.4, 0.5) is 10.1 Å². The molecule has 190 valence electrons. The molecule has 0 radical (unpaired) electrons. The number of anilines is 1. The van der Waals surface area contributed by atoms with Gasteiger partial charge in [-0.25, -0.2) is 12.8 Å². The summed E-state index contributed by atoms with van der Waals surface area (Å²) in [4.78, 5) is 12.9. The van der Waals surface area contributed by atoms with E-state index < -0.39 is 21.8 Å². The molecule has 1 aliphatic rings. The lowest BCUT2D eigenvalue weighted by Gasteiger charge is -2.31. The van der Waals surface area contributed by atoms with E-state index in [9.17, 15) is 17.6 Å². The van der Waals surface area contributed by atoms with Gasteiger partial charge in [-0.15, -0.1) is 0 Å². The van der Waals surface area contributed by atoms with E-state index in [0.717, 1.165) is 16.7 Å². The number of aromatic nitrogens is 1. The molecule has 9 heteroatoms. The van der Waals surface area contributed by atoms with Gasteiger partial charge >= 0.3 is 0 Å². The van der Waals surface area contributed by atoms with E-state index in [1.165, 1.54) is 10.4 Å². The Bertz CT molecular complexity index is 1430. The molecule has 2 heterocycles. The second-order valence-electron chi connectivity index (χ2n) is 9.31. The Balaban J connectivity index is 1.54. The predicted octanol–water partition coefficient (Wildman–Crippen LogP) is 5.26. The van der Waals surface area contributed by atoms with Crippen molar-refractivity contribution in [3.05, 3.63) is 75.9 Å². The average molecular weight is 512 g/mol. The molecule has 2 aromatic carbocycles. The number of hydrogen-bond acceptors (Lipinski definition) is 5. The third-order valence-electron chi connectivity index (χ3n) is 6.47. The van der Waals surface area contributed by atoms with Gasteiger partial charge in [0, 0.05) is 18.8 Å². The molecule has 0 saturated carbocycles. The number of nitrogens with one attached hydrogen (secondary N) is 1. The molecule has 1 aromatic heterocycles. The SMILES string of the molecule is Cc1ccc(C)c(/C=C/c2onc(C)c2S(=O)(=O)N2CCCC(C(=O)Nc3ccc(C)c(F)c3)C2)c1. The first-order chi connectivity index (χ1) is 17.1. The molecule has 1 amide bonds. The summed E-state index contributed by atoms with van der Waals surface area (Å²) in [6.45, 7) is 7.51. The van der Waals surface area contributed by atoms with Crippen LogP contribution in [0.15, 0.2) is 45.8 Å². The van der Waals surface area contributed by atoms with Crippen molar-refractivity contribution in [3.63, 3.8) is 0 Å². The molecule has 4 rings (SSSR count). The zero-order valence-electron chi connectivity index (χ0n) is 20.8. The molecular weight excluding hydrogens is 481 g/mol. The largest absolute Gasteiger partial charge is 0.355 e. The summed E-state index contributed by atoms with van der Waals surface area (Å²) in [6.07, 6.45) is 4.50. The summed E-state index contributed by atoms with van der Waals surface area (Å²) in [5, 5.41) is 6.62. The van der Waals surface area contributed by atoms with Crippen LogP contribution >= 0.6 is 0 Å². The highest BCUT2D eigenvalue weighted by Gasteiger charge is 2.37. The number of nitrogens with zero attached hydrogens (tertiary/aromatic N) is 2. The van der Waals surface area contributed by atoms with E-state index in [1.54, 1.807) is 32.1 Å². The number of piperidine rings is 1. The van der Waals surface area contributed by atoms with Gasteiger partial charge < -0.3 is 9.84 Å². The Morgan fingerprint density at radius 1 is 1.11 bits per heavy atom. The molecule has 1 atom stereocenters. The summed E-state index contributed by atoms with van der Waals surface area (Å²) in [5.74, 6) is -1.16. The fraction of sp³-hybridized carbons (Fsp3) is 0.333. The predicted molar refractivity (Wildman–Crippen MR) is 137 cm³/mol. The van der Waals surface area contributed by atoms with Gasteiger partial charge in [0.25, 0.3) is 0 Å². The van der Waals surface area contributed by atoms with E-state index in [4.69, 9.17) is 4.52 Å². The van der Waals surface area contributed by atoms with Crippen molar-refractivity contribution in [2.24, 2.45) is 5.92 Å². The topological polar surface area (TPSA) is 92.5 Å². The standard InChI is InChI=1S/C27H30FN3O4S/c1-17-7-8-18(2)21(14-17)10-12-25-26(20(4)30-35-25)36(33,34)31-13-5-6-22(16-31)27(32)29-23-11-9-19(3)24(28)15-23/h7-12,14-15,22H,5-6,13,16H2,1-4H3,(H,29,32)/b12-10+. The van der Waals surface area contributed by atoms with Crippen LogP contribution < -0.4 is 5.32 Å². The molecule has 1 aliphatic heterocycles. The average Bonchev–Trinajstić information content (AvgIpc) is 3.23. The number of sulfonamides is 1. The van der Waals surface area contributed by atoms with Crippen LogP contribution in [0.3, 0.4) is 0 Å². The second kappa shape index (κ2) is 10.4. The Labute approximate surface area is 211 Å². The van der Waals surface area contributed by atoms with Gasteiger partial charge in [0.05, 0.1) is 5.92 Å². The number of benzene rings is 2. The summed E-state index contributed by atoms with van der Waals surface area (Å²) >= 11 is 0. The maximum Gasteiger partial charge on any atom is 0.248 e. The van der Waals surface area contributed by atoms with Crippen LogP contribution in [0.2, 0.25) is 0 Å². The Morgan fingerprint density at radius 3 is 2.61 bits per heavy atom. The van der Waals surface area contributed by atoms with Crippen molar-refractivity contribution in [1.29, 1.82) is 0 Å². The zero-order chi connectivity index (χ0) is 26.0. The van der Waals surface area contributed by atoms with E-state index in [-0.39, 0.29) is 35.3 Å². The van der Waals surface area contributed by atoms with E-state index >= 15 is 0 Å². The first kappa shape index (κ1) is 25.8. The normalized spacial score (nSPS) is 17.0. The molecule has 1 saturated heterocycles. The second-order valence-corrected chi connectivity index (χ2v) is 11.2. The van der Waals surface area contributed by atoms with E-state index in [0.29, 0.717) is 24.1 Å². The Morgan fingerprint density at radius 2 is 1.86 bits per heavy atom. The minimum Gasteiger partial charge on any atom is -0.355 e. The van der Waals surface area contributed by atoms with Gasteiger partial charge in [-0.3, -0.25) is 4.79 Å². The summed E-state index contributed by atoms with van der Waals surface area (Å²) in [5.41, 5.74) is 4.18. The summed E-state index contributed by atoms with van der Waals surface area (Å²) in [6, 6.07) is 10.5. The lowest BCUT2D eigenvalue weighted by Crippen LogP contribution is -2.43. The molecule has 36 heavy (non-hydrogen) atoms. The minimum atomic E-state index is -3.97. The van der Waals surface area contributed by atoms with Crippen molar-refractivity contribution >= 4 is 33.8 Å². The van der Waals surface area contributed by atoms with Gasteiger partial charge in [0.1, 0.15) is 11.5 Å². The van der Waals surface area contributed by atoms with Crippen LogP contribution in [0.5, 0.6) is 0 Å². The van der Waals surface area contributed by atoms with Crippen LogP contribution in [-0.2, 0) is 14.8 Å². The third kappa shape index (κ3) is 5.42. The molecule has 0 aliphatic carbocycles. The lowest BCUT2D eigenvalue weighted by atomic mass is 9.98. The van der Waals surface area contributed by atoms with Crippen LogP contribution in [-0.4, -0.2) is 36.9 Å². The molecule has 1 unspecified atom stereocenters. The Hall–Kier alpha value is -3.30. The highest BCUT2D eigenvalue weighted by atomic mass is 32.2. The molecular formula is C27H30FN3O4S. The smallest absolute Gasteiger partial charge is 0.248 e. The number of hydrogen-bond donors (Lipinski definition) is 1. The van der Waals surface area contributed by atoms with Gasteiger partial charge in [0.2, 0.25) is 15.9 Å². The first-order valence-corrected chi connectivity index (χ1v) is 13.3. The molecule has 1 fully saturated rings. The van der Waals surface area contributed by atoms with Crippen molar-refractivity contribution in [2.45, 2.75) is 45.4 Å². The fourth-order valence-corrected chi connectivity index (χ4v) is 6.10. The molecule has 7 nitrogen and oxygen atoms in total.